The third-order valence-electron chi connectivity index (χ3n) is 6.06. The largest absolute Gasteiger partial charge is 0.381 e. The third kappa shape index (κ3) is 5.26. The van der Waals surface area contributed by atoms with Crippen LogP contribution in [-0.4, -0.2) is 75.4 Å². The van der Waals surface area contributed by atoms with E-state index < -0.39 is 0 Å². The van der Waals surface area contributed by atoms with E-state index in [9.17, 15) is 4.79 Å². The molecule has 2 saturated heterocycles. The van der Waals surface area contributed by atoms with Gasteiger partial charge in [0, 0.05) is 57.3 Å². The predicted molar refractivity (Wildman–Crippen MR) is 117 cm³/mol. The summed E-state index contributed by atoms with van der Waals surface area (Å²) >= 11 is 0. The van der Waals surface area contributed by atoms with Gasteiger partial charge in [-0.2, -0.15) is 0 Å². The summed E-state index contributed by atoms with van der Waals surface area (Å²) in [5, 5.41) is 7.16. The molecule has 3 aliphatic rings. The number of hydrogen-bond acceptors (Lipinski definition) is 4. The van der Waals surface area contributed by atoms with Crippen LogP contribution in [0.2, 0.25) is 0 Å². The van der Waals surface area contributed by atoms with Crippen LogP contribution in [0, 0.1) is 11.3 Å². The molecule has 0 spiro atoms. The van der Waals surface area contributed by atoms with Crippen LogP contribution in [0.1, 0.15) is 39.5 Å². The minimum absolute atomic E-state index is 0. The van der Waals surface area contributed by atoms with Crippen LogP contribution >= 0.6 is 24.0 Å². The average molecular weight is 494 g/mol. The van der Waals surface area contributed by atoms with Crippen LogP contribution in [0.3, 0.4) is 0 Å². The second-order valence-corrected chi connectivity index (χ2v) is 8.52. The molecule has 2 N–H and O–H groups in total. The summed E-state index contributed by atoms with van der Waals surface area (Å²) in [5.41, 5.74) is 0.0643. The number of ether oxygens (including phenoxy) is 2. The van der Waals surface area contributed by atoms with Crippen molar-refractivity contribution in [1.29, 1.82) is 0 Å². The number of nitrogens with zero attached hydrogens (tertiary/aromatic N) is 2. The molecule has 3 atom stereocenters. The SMILES string of the molecule is CN(C)C(=O)CN=C(NC1CCOCC1)NC1C2CCCOC2C1(C)C.I. The number of carbonyl (C=O) groups is 1. The minimum atomic E-state index is 0. The first-order valence-corrected chi connectivity index (χ1v) is 9.86. The topological polar surface area (TPSA) is 75.2 Å². The van der Waals surface area contributed by atoms with Crippen molar-refractivity contribution < 1.29 is 14.3 Å². The number of carbonyl (C=O) groups excluding carboxylic acids is 1. The Bertz CT molecular complexity index is 535. The Morgan fingerprint density at radius 3 is 2.52 bits per heavy atom. The predicted octanol–water partition coefficient (Wildman–Crippen LogP) is 1.61. The van der Waals surface area contributed by atoms with Crippen LogP contribution in [0.15, 0.2) is 4.99 Å². The number of aliphatic imine (C=N–C) groups is 1. The standard InChI is InChI=1S/C19H34N4O3.HI/c1-19(2)16(14-6-5-9-26-17(14)19)22-18(20-12-15(24)23(3)4)21-13-7-10-25-11-8-13;/h13-14,16-17H,5-12H2,1-4H3,(H2,20,21,22);1H. The Labute approximate surface area is 180 Å². The number of rotatable bonds is 4. The van der Waals surface area contributed by atoms with Crippen LogP contribution in [0.25, 0.3) is 0 Å². The fourth-order valence-electron chi connectivity index (χ4n) is 4.42. The molecule has 0 radical (unpaired) electrons. The summed E-state index contributed by atoms with van der Waals surface area (Å²) in [6.07, 6.45) is 4.56. The normalized spacial score (nSPS) is 30.4. The van der Waals surface area contributed by atoms with Gasteiger partial charge in [-0.3, -0.25) is 4.79 Å². The summed E-state index contributed by atoms with van der Waals surface area (Å²) < 4.78 is 11.5. The number of halogens is 1. The van der Waals surface area contributed by atoms with Crippen molar-refractivity contribution in [3.05, 3.63) is 0 Å². The van der Waals surface area contributed by atoms with E-state index >= 15 is 0 Å². The molecule has 2 aliphatic heterocycles. The van der Waals surface area contributed by atoms with Crippen molar-refractivity contribution in [3.8, 4) is 0 Å². The molecule has 0 aromatic heterocycles. The van der Waals surface area contributed by atoms with Gasteiger partial charge in [0.05, 0.1) is 6.10 Å². The number of likely N-dealkylation sites (N-methyl/N-ethyl adjacent to an activating group) is 1. The maximum atomic E-state index is 12.0. The number of fused-ring (bicyclic) bond motifs is 1. The molecule has 1 amide bonds. The zero-order chi connectivity index (χ0) is 18.7. The number of hydrogen-bond donors (Lipinski definition) is 2. The maximum Gasteiger partial charge on any atom is 0.243 e. The monoisotopic (exact) mass is 494 g/mol. The van der Waals surface area contributed by atoms with E-state index in [2.05, 4.69) is 29.5 Å². The van der Waals surface area contributed by atoms with Crippen molar-refractivity contribution in [1.82, 2.24) is 15.5 Å². The fourth-order valence-corrected chi connectivity index (χ4v) is 4.42. The highest BCUT2D eigenvalue weighted by Gasteiger charge is 2.58. The summed E-state index contributed by atoms with van der Waals surface area (Å²) in [4.78, 5) is 18.2. The van der Waals surface area contributed by atoms with Crippen molar-refractivity contribution in [2.45, 2.75) is 57.7 Å². The number of nitrogens with one attached hydrogen (secondary N) is 2. The van der Waals surface area contributed by atoms with Crippen molar-refractivity contribution in [2.24, 2.45) is 16.3 Å². The van der Waals surface area contributed by atoms with E-state index in [1.807, 2.05) is 0 Å². The Hall–Kier alpha value is -0.610. The minimum Gasteiger partial charge on any atom is -0.381 e. The molecule has 0 aromatic carbocycles. The lowest BCUT2D eigenvalue weighted by Gasteiger charge is -2.60. The zero-order valence-corrected chi connectivity index (χ0v) is 19.3. The van der Waals surface area contributed by atoms with Gasteiger partial charge in [0.1, 0.15) is 6.54 Å². The van der Waals surface area contributed by atoms with Gasteiger partial charge in [-0.05, 0) is 25.7 Å². The lowest BCUT2D eigenvalue weighted by Crippen LogP contribution is -2.71. The summed E-state index contributed by atoms with van der Waals surface area (Å²) in [7, 11) is 3.52. The molecule has 8 heteroatoms. The first-order chi connectivity index (χ1) is 12.4. The van der Waals surface area contributed by atoms with E-state index in [4.69, 9.17) is 9.47 Å². The maximum absolute atomic E-state index is 12.0. The molecule has 0 bridgehead atoms. The van der Waals surface area contributed by atoms with E-state index in [0.29, 0.717) is 24.1 Å². The molecule has 2 heterocycles. The van der Waals surface area contributed by atoms with Crippen LogP contribution in [0.4, 0.5) is 0 Å². The van der Waals surface area contributed by atoms with Crippen molar-refractivity contribution in [3.63, 3.8) is 0 Å². The van der Waals surface area contributed by atoms with Gasteiger partial charge in [0.15, 0.2) is 5.96 Å². The summed E-state index contributed by atoms with van der Waals surface area (Å²) in [5.74, 6) is 1.27. The molecule has 156 valence electrons. The molecule has 0 aromatic rings. The van der Waals surface area contributed by atoms with Crippen molar-refractivity contribution in [2.75, 3.05) is 40.5 Å². The molecule has 3 unspecified atom stereocenters. The average Bonchev–Trinajstić information content (AvgIpc) is 2.64. The van der Waals surface area contributed by atoms with Crippen LogP contribution < -0.4 is 10.6 Å². The van der Waals surface area contributed by atoms with E-state index in [0.717, 1.165) is 45.0 Å². The Morgan fingerprint density at radius 2 is 1.85 bits per heavy atom. The first-order valence-electron chi connectivity index (χ1n) is 9.86. The quantitative estimate of drug-likeness (QED) is 0.353. The summed E-state index contributed by atoms with van der Waals surface area (Å²) in [6.45, 7) is 7.09. The van der Waals surface area contributed by atoms with Gasteiger partial charge in [-0.15, -0.1) is 24.0 Å². The molecule has 1 saturated carbocycles. The van der Waals surface area contributed by atoms with Gasteiger partial charge >= 0.3 is 0 Å². The molecule has 7 nitrogen and oxygen atoms in total. The van der Waals surface area contributed by atoms with Gasteiger partial charge < -0.3 is 25.0 Å². The summed E-state index contributed by atoms with van der Waals surface area (Å²) in [6, 6.07) is 0.652. The smallest absolute Gasteiger partial charge is 0.243 e. The lowest BCUT2D eigenvalue weighted by atomic mass is 9.55. The Morgan fingerprint density at radius 1 is 1.15 bits per heavy atom. The lowest BCUT2D eigenvalue weighted by molar-refractivity contribution is -0.188. The molecular weight excluding hydrogens is 459 g/mol. The van der Waals surface area contributed by atoms with E-state index in [1.165, 1.54) is 6.42 Å². The van der Waals surface area contributed by atoms with Crippen molar-refractivity contribution >= 4 is 35.8 Å². The second kappa shape index (κ2) is 9.73. The number of amides is 1. The van der Waals surface area contributed by atoms with E-state index in [1.54, 1.807) is 19.0 Å². The zero-order valence-electron chi connectivity index (χ0n) is 17.0. The highest BCUT2D eigenvalue weighted by atomic mass is 127. The molecule has 3 rings (SSSR count). The highest BCUT2D eigenvalue weighted by Crippen LogP contribution is 2.51. The second-order valence-electron chi connectivity index (χ2n) is 8.52. The molecular formula is C19H35IN4O3. The third-order valence-corrected chi connectivity index (χ3v) is 6.06. The molecule has 1 aliphatic carbocycles. The fraction of sp³-hybridized carbons (Fsp3) is 0.895. The van der Waals surface area contributed by atoms with Gasteiger partial charge in [0.25, 0.3) is 0 Å². The first kappa shape index (κ1) is 22.7. The van der Waals surface area contributed by atoms with Gasteiger partial charge in [0.2, 0.25) is 5.91 Å². The van der Waals surface area contributed by atoms with Gasteiger partial charge in [-0.1, -0.05) is 13.8 Å². The Kier molecular flexibility index (Phi) is 8.18. The van der Waals surface area contributed by atoms with Gasteiger partial charge in [-0.25, -0.2) is 4.99 Å². The molecule has 27 heavy (non-hydrogen) atoms. The van der Waals surface area contributed by atoms with Crippen LogP contribution in [0.5, 0.6) is 0 Å². The van der Waals surface area contributed by atoms with E-state index in [-0.39, 0.29) is 41.8 Å². The Balaban J connectivity index is 0.00000261. The number of guanidine groups is 1. The molecule has 3 fully saturated rings. The van der Waals surface area contributed by atoms with Crippen LogP contribution in [-0.2, 0) is 14.3 Å². The highest BCUT2D eigenvalue weighted by molar-refractivity contribution is 14.0.